The normalized spacial score (nSPS) is 18.4. The van der Waals surface area contributed by atoms with Crippen LogP contribution < -0.4 is 0 Å². The summed E-state index contributed by atoms with van der Waals surface area (Å²) in [6, 6.07) is 10.8. The molecule has 0 saturated carbocycles. The van der Waals surface area contributed by atoms with E-state index in [0.29, 0.717) is 32.3 Å². The maximum absolute atomic E-state index is 10.8. The molecule has 6 nitrogen and oxygen atoms in total. The summed E-state index contributed by atoms with van der Waals surface area (Å²) in [6.07, 6.45) is 1.20. The number of benzene rings is 3. The number of azo groups is 1. The Morgan fingerprint density at radius 1 is 0.958 bits per heavy atom. The highest BCUT2D eigenvalue weighted by Gasteiger charge is 2.33. The van der Waals surface area contributed by atoms with E-state index < -0.39 is 0 Å². The standard InChI is InChI=1S/C17H10N4O2S/c22-14-8-3-1-2-4-9(8)15(23)12-10(14)5-6-11-13(12)18-7-21-16(11)19-20-17(21)24/h1-7,16,22-23H. The summed E-state index contributed by atoms with van der Waals surface area (Å²) in [6.45, 7) is 0. The molecule has 3 aromatic carbocycles. The van der Waals surface area contributed by atoms with E-state index in [4.69, 9.17) is 12.2 Å². The quantitative estimate of drug-likeness (QED) is 0.368. The summed E-state index contributed by atoms with van der Waals surface area (Å²) in [5.74, 6) is 0.223. The zero-order valence-electron chi connectivity index (χ0n) is 12.2. The predicted octanol–water partition coefficient (Wildman–Crippen LogP) is 4.13. The third-order valence-electron chi connectivity index (χ3n) is 4.46. The molecule has 24 heavy (non-hydrogen) atoms. The van der Waals surface area contributed by atoms with Crippen LogP contribution in [0.1, 0.15) is 11.7 Å². The number of aromatic hydroxyl groups is 2. The van der Waals surface area contributed by atoms with Gasteiger partial charge in [-0.05, 0) is 18.3 Å². The monoisotopic (exact) mass is 334 g/mol. The van der Waals surface area contributed by atoms with Crippen molar-refractivity contribution >= 4 is 50.9 Å². The minimum Gasteiger partial charge on any atom is -0.507 e. The van der Waals surface area contributed by atoms with Crippen molar-refractivity contribution in [1.82, 2.24) is 4.90 Å². The Morgan fingerprint density at radius 2 is 1.71 bits per heavy atom. The lowest BCUT2D eigenvalue weighted by molar-refractivity contribution is 0.477. The second-order valence-corrected chi connectivity index (χ2v) is 6.06. The Balaban J connectivity index is 1.93. The lowest BCUT2D eigenvalue weighted by Gasteiger charge is -2.25. The van der Waals surface area contributed by atoms with Gasteiger partial charge < -0.3 is 10.2 Å². The molecule has 7 heteroatoms. The van der Waals surface area contributed by atoms with E-state index >= 15 is 0 Å². The number of rotatable bonds is 0. The van der Waals surface area contributed by atoms with Crippen LogP contribution in [-0.2, 0) is 0 Å². The van der Waals surface area contributed by atoms with Gasteiger partial charge in [-0.15, -0.1) is 5.11 Å². The van der Waals surface area contributed by atoms with Gasteiger partial charge in [0.25, 0.3) is 0 Å². The van der Waals surface area contributed by atoms with Gasteiger partial charge in [-0.3, -0.25) is 4.90 Å². The highest BCUT2D eigenvalue weighted by molar-refractivity contribution is 7.80. The molecule has 0 aromatic heterocycles. The van der Waals surface area contributed by atoms with Gasteiger partial charge in [0.15, 0.2) is 6.17 Å². The second-order valence-electron chi connectivity index (χ2n) is 5.69. The van der Waals surface area contributed by atoms with Crippen molar-refractivity contribution in [2.75, 3.05) is 0 Å². The van der Waals surface area contributed by atoms with Gasteiger partial charge in [0.2, 0.25) is 5.11 Å². The number of hydrogen-bond acceptors (Lipinski definition) is 5. The van der Waals surface area contributed by atoms with E-state index in [9.17, 15) is 10.2 Å². The molecule has 3 aromatic rings. The molecule has 2 aliphatic heterocycles. The molecule has 116 valence electrons. The number of thiocarbonyl (C=S) groups is 1. The summed E-state index contributed by atoms with van der Waals surface area (Å²) >= 11 is 5.14. The largest absolute Gasteiger partial charge is 0.507 e. The van der Waals surface area contributed by atoms with Gasteiger partial charge in [0.1, 0.15) is 11.5 Å². The van der Waals surface area contributed by atoms with Crippen LogP contribution in [0.2, 0.25) is 0 Å². The highest BCUT2D eigenvalue weighted by Crippen LogP contribution is 2.49. The minimum absolute atomic E-state index is 0.0957. The maximum atomic E-state index is 10.8. The fourth-order valence-electron chi connectivity index (χ4n) is 3.33. The molecule has 0 spiro atoms. The summed E-state index contributed by atoms with van der Waals surface area (Å²) < 4.78 is 0. The minimum atomic E-state index is -0.373. The molecule has 5 rings (SSSR count). The van der Waals surface area contributed by atoms with Crippen LogP contribution in [0.15, 0.2) is 51.6 Å². The molecule has 1 unspecified atom stereocenters. The van der Waals surface area contributed by atoms with Crippen molar-refractivity contribution in [3.8, 4) is 11.5 Å². The molecular weight excluding hydrogens is 324 g/mol. The average molecular weight is 334 g/mol. The van der Waals surface area contributed by atoms with Gasteiger partial charge in [-0.2, -0.15) is 5.11 Å². The summed E-state index contributed by atoms with van der Waals surface area (Å²) in [5, 5.41) is 32.1. The van der Waals surface area contributed by atoms with Crippen LogP contribution in [0.25, 0.3) is 21.5 Å². The number of aliphatic imine (C=N–C) groups is 1. The topological polar surface area (TPSA) is 80.8 Å². The van der Waals surface area contributed by atoms with Gasteiger partial charge in [-0.25, -0.2) is 4.99 Å². The first-order chi connectivity index (χ1) is 11.7. The summed E-state index contributed by atoms with van der Waals surface area (Å²) in [4.78, 5) is 6.14. The first kappa shape index (κ1) is 13.4. The van der Waals surface area contributed by atoms with Crippen LogP contribution in [0.5, 0.6) is 11.5 Å². The maximum Gasteiger partial charge on any atom is 0.223 e. The lowest BCUT2D eigenvalue weighted by atomic mass is 9.95. The van der Waals surface area contributed by atoms with Crippen LogP contribution in [0.4, 0.5) is 5.69 Å². The molecule has 2 aliphatic rings. The van der Waals surface area contributed by atoms with E-state index in [-0.39, 0.29) is 17.7 Å². The Kier molecular flexibility index (Phi) is 2.50. The molecule has 1 atom stereocenters. The molecule has 0 radical (unpaired) electrons. The molecular formula is C17H10N4O2S. The number of phenols is 2. The molecule has 2 N–H and O–H groups in total. The third-order valence-corrected chi connectivity index (χ3v) is 4.76. The second kappa shape index (κ2) is 4.48. The van der Waals surface area contributed by atoms with Crippen LogP contribution in [0, 0.1) is 0 Å². The summed E-state index contributed by atoms with van der Waals surface area (Å²) in [5.41, 5.74) is 1.37. The van der Waals surface area contributed by atoms with Gasteiger partial charge in [0, 0.05) is 21.7 Å². The van der Waals surface area contributed by atoms with Crippen molar-refractivity contribution in [2.24, 2.45) is 15.2 Å². The zero-order chi connectivity index (χ0) is 16.4. The highest BCUT2D eigenvalue weighted by atomic mass is 32.1. The molecule has 2 heterocycles. The SMILES string of the molecule is Oc1c2ccccc2c(O)c2c3c(ccc12)C1N=NC(=S)N1C=N3. The zero-order valence-corrected chi connectivity index (χ0v) is 13.0. The van der Waals surface area contributed by atoms with Crippen LogP contribution in [0.3, 0.4) is 0 Å². The first-order valence-corrected chi connectivity index (χ1v) is 7.74. The van der Waals surface area contributed by atoms with E-state index in [1.54, 1.807) is 29.4 Å². The van der Waals surface area contributed by atoms with Gasteiger partial charge >= 0.3 is 0 Å². The Labute approximate surface area is 141 Å². The fraction of sp³-hybridized carbons (Fsp3) is 0.0588. The number of phenolic OH excluding ortho intramolecular Hbond substituents is 2. The van der Waals surface area contributed by atoms with Gasteiger partial charge in [-0.1, -0.05) is 30.3 Å². The van der Waals surface area contributed by atoms with E-state index in [2.05, 4.69) is 15.2 Å². The Bertz CT molecular complexity index is 1120. The molecule has 0 amide bonds. The predicted molar refractivity (Wildman–Crippen MR) is 95.0 cm³/mol. The molecule has 0 saturated heterocycles. The number of nitrogens with zero attached hydrogens (tertiary/aromatic N) is 4. The van der Waals surface area contributed by atoms with E-state index in [1.807, 2.05) is 18.2 Å². The van der Waals surface area contributed by atoms with E-state index in [1.165, 1.54) is 0 Å². The number of fused-ring (bicyclic) bond motifs is 6. The first-order valence-electron chi connectivity index (χ1n) is 7.33. The van der Waals surface area contributed by atoms with E-state index in [0.717, 1.165) is 5.56 Å². The Hall–Kier alpha value is -3.06. The lowest BCUT2D eigenvalue weighted by Crippen LogP contribution is -2.27. The molecule has 0 fully saturated rings. The Morgan fingerprint density at radius 3 is 2.50 bits per heavy atom. The number of hydrogen-bond donors (Lipinski definition) is 2. The van der Waals surface area contributed by atoms with Crippen molar-refractivity contribution in [1.29, 1.82) is 0 Å². The van der Waals surface area contributed by atoms with Crippen molar-refractivity contribution in [3.63, 3.8) is 0 Å². The van der Waals surface area contributed by atoms with Gasteiger partial charge in [0.05, 0.1) is 17.4 Å². The third kappa shape index (κ3) is 1.54. The van der Waals surface area contributed by atoms with Crippen LogP contribution in [-0.4, -0.2) is 26.6 Å². The molecule has 0 bridgehead atoms. The molecule has 0 aliphatic carbocycles. The van der Waals surface area contributed by atoms with Crippen LogP contribution >= 0.6 is 12.2 Å². The fourth-order valence-corrected chi connectivity index (χ4v) is 3.52. The smallest absolute Gasteiger partial charge is 0.223 e. The van der Waals surface area contributed by atoms with Crippen molar-refractivity contribution in [3.05, 3.63) is 42.0 Å². The summed E-state index contributed by atoms with van der Waals surface area (Å²) in [7, 11) is 0. The average Bonchev–Trinajstić information content (AvgIpc) is 3.00. The van der Waals surface area contributed by atoms with Crippen molar-refractivity contribution in [2.45, 2.75) is 6.17 Å². The van der Waals surface area contributed by atoms with Crippen molar-refractivity contribution < 1.29 is 10.2 Å².